The van der Waals surface area contributed by atoms with Gasteiger partial charge in [0.15, 0.2) is 5.78 Å². The van der Waals surface area contributed by atoms with Crippen molar-refractivity contribution < 1.29 is 14.3 Å². The molecular weight excluding hydrogens is 182 g/mol. The highest BCUT2D eigenvalue weighted by atomic mass is 16.6. The number of amides is 1. The first-order valence-corrected chi connectivity index (χ1v) is 4.71. The van der Waals surface area contributed by atoms with Crippen LogP contribution in [-0.2, 0) is 9.53 Å². The Morgan fingerprint density at radius 3 is 2.14 bits per heavy atom. The third-order valence-electron chi connectivity index (χ3n) is 1.57. The van der Waals surface area contributed by atoms with E-state index in [1.165, 1.54) is 0 Å². The summed E-state index contributed by atoms with van der Waals surface area (Å²) in [5, 5.41) is 2.41. The van der Waals surface area contributed by atoms with E-state index in [1.807, 2.05) is 20.8 Å². The van der Waals surface area contributed by atoms with Crippen molar-refractivity contribution in [1.29, 1.82) is 0 Å². The third-order valence-corrected chi connectivity index (χ3v) is 1.57. The standard InChI is InChI=1S/C10H19NO3/c1-7(2)14-9(13)11-6-8(12)10(3,4)5/h7H,6H2,1-5H3,(H,11,13). The van der Waals surface area contributed by atoms with Gasteiger partial charge in [-0.15, -0.1) is 0 Å². The van der Waals surface area contributed by atoms with E-state index >= 15 is 0 Å². The zero-order valence-corrected chi connectivity index (χ0v) is 9.51. The van der Waals surface area contributed by atoms with E-state index in [0.29, 0.717) is 0 Å². The zero-order chi connectivity index (χ0) is 11.4. The highest BCUT2D eigenvalue weighted by Crippen LogP contribution is 2.13. The van der Waals surface area contributed by atoms with E-state index in [4.69, 9.17) is 4.74 Å². The van der Waals surface area contributed by atoms with Gasteiger partial charge in [-0.3, -0.25) is 4.79 Å². The molecule has 0 unspecified atom stereocenters. The van der Waals surface area contributed by atoms with Crippen LogP contribution in [-0.4, -0.2) is 24.5 Å². The topological polar surface area (TPSA) is 55.4 Å². The summed E-state index contributed by atoms with van der Waals surface area (Å²) in [4.78, 5) is 22.4. The number of carbonyl (C=O) groups excluding carboxylic acids is 2. The van der Waals surface area contributed by atoms with Crippen LogP contribution in [0, 0.1) is 5.41 Å². The summed E-state index contributed by atoms with van der Waals surface area (Å²) in [6, 6.07) is 0. The molecule has 0 radical (unpaired) electrons. The summed E-state index contributed by atoms with van der Waals surface area (Å²) in [6.07, 6.45) is -0.711. The fraction of sp³-hybridized carbons (Fsp3) is 0.800. The van der Waals surface area contributed by atoms with Gasteiger partial charge in [-0.25, -0.2) is 4.79 Å². The molecule has 0 aliphatic carbocycles. The van der Waals surface area contributed by atoms with E-state index in [-0.39, 0.29) is 18.4 Å². The van der Waals surface area contributed by atoms with Gasteiger partial charge in [0.05, 0.1) is 12.6 Å². The first kappa shape index (κ1) is 12.9. The SMILES string of the molecule is CC(C)OC(=O)NCC(=O)C(C)(C)C. The molecule has 14 heavy (non-hydrogen) atoms. The number of hydrogen-bond acceptors (Lipinski definition) is 3. The average molecular weight is 201 g/mol. The molecule has 0 bridgehead atoms. The van der Waals surface area contributed by atoms with Crippen molar-refractivity contribution in [2.24, 2.45) is 5.41 Å². The highest BCUT2D eigenvalue weighted by molar-refractivity contribution is 5.88. The Balaban J connectivity index is 3.84. The molecule has 0 fully saturated rings. The smallest absolute Gasteiger partial charge is 0.407 e. The van der Waals surface area contributed by atoms with Crippen molar-refractivity contribution in [2.75, 3.05) is 6.54 Å². The Hall–Kier alpha value is -1.06. The quantitative estimate of drug-likeness (QED) is 0.756. The van der Waals surface area contributed by atoms with Crippen molar-refractivity contribution in [1.82, 2.24) is 5.32 Å². The van der Waals surface area contributed by atoms with Crippen molar-refractivity contribution >= 4 is 11.9 Å². The number of nitrogens with one attached hydrogen (secondary N) is 1. The predicted molar refractivity (Wildman–Crippen MR) is 54.1 cm³/mol. The van der Waals surface area contributed by atoms with Crippen LogP contribution in [0.15, 0.2) is 0 Å². The summed E-state index contributed by atoms with van der Waals surface area (Å²) < 4.78 is 4.81. The Bertz CT molecular complexity index is 216. The molecule has 0 aromatic carbocycles. The lowest BCUT2D eigenvalue weighted by atomic mass is 9.91. The molecule has 0 atom stereocenters. The molecule has 0 aliphatic rings. The number of rotatable bonds is 3. The maximum atomic E-state index is 11.4. The van der Waals surface area contributed by atoms with Crippen LogP contribution in [0.1, 0.15) is 34.6 Å². The molecule has 0 aromatic rings. The molecule has 0 saturated carbocycles. The highest BCUT2D eigenvalue weighted by Gasteiger charge is 2.21. The van der Waals surface area contributed by atoms with Gasteiger partial charge in [-0.1, -0.05) is 20.8 Å². The van der Waals surface area contributed by atoms with Gasteiger partial charge >= 0.3 is 6.09 Å². The van der Waals surface area contributed by atoms with Crippen LogP contribution in [0.3, 0.4) is 0 Å². The Morgan fingerprint density at radius 2 is 1.79 bits per heavy atom. The van der Waals surface area contributed by atoms with Crippen molar-refractivity contribution in [3.63, 3.8) is 0 Å². The van der Waals surface area contributed by atoms with Crippen LogP contribution >= 0.6 is 0 Å². The van der Waals surface area contributed by atoms with Gasteiger partial charge in [-0.05, 0) is 13.8 Å². The van der Waals surface area contributed by atoms with Crippen molar-refractivity contribution in [3.05, 3.63) is 0 Å². The van der Waals surface area contributed by atoms with E-state index in [1.54, 1.807) is 13.8 Å². The molecule has 0 aromatic heterocycles. The van der Waals surface area contributed by atoms with Gasteiger partial charge < -0.3 is 10.1 Å². The minimum atomic E-state index is -0.544. The summed E-state index contributed by atoms with van der Waals surface area (Å²) in [5.41, 5.74) is -0.425. The minimum absolute atomic E-state index is 0.0155. The second-order valence-electron chi connectivity index (χ2n) is 4.48. The van der Waals surface area contributed by atoms with Crippen LogP contribution in [0.5, 0.6) is 0 Å². The molecule has 1 N–H and O–H groups in total. The average Bonchev–Trinajstić information content (AvgIpc) is 1.96. The van der Waals surface area contributed by atoms with Crippen molar-refractivity contribution in [3.8, 4) is 0 Å². The fourth-order valence-corrected chi connectivity index (χ4v) is 0.673. The fourth-order valence-electron chi connectivity index (χ4n) is 0.673. The molecule has 0 aliphatic heterocycles. The monoisotopic (exact) mass is 201 g/mol. The number of alkyl carbamates (subject to hydrolysis) is 1. The van der Waals surface area contributed by atoms with E-state index < -0.39 is 11.5 Å². The van der Waals surface area contributed by atoms with E-state index in [2.05, 4.69) is 5.32 Å². The van der Waals surface area contributed by atoms with Gasteiger partial charge in [0.2, 0.25) is 0 Å². The first-order valence-electron chi connectivity index (χ1n) is 4.71. The number of Topliss-reactive ketones (excluding diaryl/α,β-unsaturated/α-hetero) is 1. The van der Waals surface area contributed by atoms with E-state index in [9.17, 15) is 9.59 Å². The van der Waals surface area contributed by atoms with Crippen molar-refractivity contribution in [2.45, 2.75) is 40.7 Å². The lowest BCUT2D eigenvalue weighted by Crippen LogP contribution is -2.36. The molecule has 0 saturated heterocycles. The van der Waals surface area contributed by atoms with Crippen LogP contribution < -0.4 is 5.32 Å². The molecule has 0 heterocycles. The number of ether oxygens (including phenoxy) is 1. The summed E-state index contributed by atoms with van der Waals surface area (Å²) in [7, 11) is 0. The second kappa shape index (κ2) is 4.98. The van der Waals surface area contributed by atoms with Crippen LogP contribution in [0.2, 0.25) is 0 Å². The van der Waals surface area contributed by atoms with Gasteiger partial charge in [-0.2, -0.15) is 0 Å². The summed E-state index contributed by atoms with van der Waals surface area (Å²) in [5.74, 6) is -0.0155. The lowest BCUT2D eigenvalue weighted by molar-refractivity contribution is -0.125. The zero-order valence-electron chi connectivity index (χ0n) is 9.51. The Morgan fingerprint density at radius 1 is 1.29 bits per heavy atom. The van der Waals surface area contributed by atoms with Gasteiger partial charge in [0.25, 0.3) is 0 Å². The van der Waals surface area contributed by atoms with Crippen LogP contribution in [0.25, 0.3) is 0 Å². The predicted octanol–water partition coefficient (Wildman–Crippen LogP) is 1.74. The third kappa shape index (κ3) is 5.56. The maximum absolute atomic E-state index is 11.4. The number of carbonyl (C=O) groups is 2. The molecule has 0 rings (SSSR count). The molecule has 4 heteroatoms. The maximum Gasteiger partial charge on any atom is 0.407 e. The Kier molecular flexibility index (Phi) is 4.60. The van der Waals surface area contributed by atoms with Gasteiger partial charge in [0.1, 0.15) is 0 Å². The van der Waals surface area contributed by atoms with E-state index in [0.717, 1.165) is 0 Å². The normalized spacial score (nSPS) is 11.3. The minimum Gasteiger partial charge on any atom is -0.447 e. The van der Waals surface area contributed by atoms with Crippen LogP contribution in [0.4, 0.5) is 4.79 Å². The molecule has 1 amide bonds. The molecule has 82 valence electrons. The largest absolute Gasteiger partial charge is 0.447 e. The number of hydrogen-bond donors (Lipinski definition) is 1. The second-order valence-corrected chi connectivity index (χ2v) is 4.48. The molecular formula is C10H19NO3. The number of ketones is 1. The summed E-state index contributed by atoms with van der Waals surface area (Å²) in [6.45, 7) is 8.96. The molecule has 0 spiro atoms. The summed E-state index contributed by atoms with van der Waals surface area (Å²) >= 11 is 0. The lowest BCUT2D eigenvalue weighted by Gasteiger charge is -2.17. The Labute approximate surface area is 85.0 Å². The van der Waals surface area contributed by atoms with Gasteiger partial charge in [0, 0.05) is 5.41 Å². The first-order chi connectivity index (χ1) is 6.23. The molecule has 4 nitrogen and oxygen atoms in total.